The van der Waals surface area contributed by atoms with Crippen LogP contribution in [0.1, 0.15) is 24.8 Å². The first-order valence-electron chi connectivity index (χ1n) is 6.15. The summed E-state index contributed by atoms with van der Waals surface area (Å²) < 4.78 is 0. The molecule has 0 bridgehead atoms. The number of hydrogen-bond acceptors (Lipinski definition) is 2. The van der Waals surface area contributed by atoms with Gasteiger partial charge in [-0.15, -0.1) is 0 Å². The van der Waals surface area contributed by atoms with Crippen molar-refractivity contribution >= 4 is 5.78 Å². The van der Waals surface area contributed by atoms with Crippen molar-refractivity contribution in [3.05, 3.63) is 35.9 Å². The second kappa shape index (κ2) is 2.75. The zero-order valence-corrected chi connectivity index (χ0v) is 9.23. The Morgan fingerprint density at radius 2 is 2.06 bits per heavy atom. The van der Waals surface area contributed by atoms with Gasteiger partial charge in [-0.3, -0.25) is 9.69 Å². The summed E-state index contributed by atoms with van der Waals surface area (Å²) in [6.07, 6.45) is 3.20. The minimum Gasteiger partial charge on any atom is -0.299 e. The summed E-state index contributed by atoms with van der Waals surface area (Å²) in [5.74, 6) is 0.540. The van der Waals surface area contributed by atoms with Gasteiger partial charge < -0.3 is 0 Å². The highest BCUT2D eigenvalue weighted by Gasteiger charge is 2.75. The van der Waals surface area contributed by atoms with Crippen LogP contribution in [0, 0.1) is 5.41 Å². The van der Waals surface area contributed by atoms with Gasteiger partial charge in [-0.05, 0) is 18.4 Å². The summed E-state index contributed by atoms with van der Waals surface area (Å²) >= 11 is 0. The molecule has 2 saturated carbocycles. The highest BCUT2D eigenvalue weighted by atomic mass is 16.1. The van der Waals surface area contributed by atoms with Crippen molar-refractivity contribution in [2.45, 2.75) is 37.9 Å². The number of likely N-dealkylation sites (tertiary alicyclic amines) is 1. The number of benzene rings is 1. The number of piperidine rings is 2. The van der Waals surface area contributed by atoms with Crippen LogP contribution in [0.5, 0.6) is 0 Å². The number of carbonyl (C=O) groups excluding carboxylic acids is 1. The van der Waals surface area contributed by atoms with Crippen molar-refractivity contribution in [3.63, 3.8) is 0 Å². The van der Waals surface area contributed by atoms with Crippen molar-refractivity contribution in [2.75, 3.05) is 0 Å². The van der Waals surface area contributed by atoms with Crippen molar-refractivity contribution in [3.8, 4) is 0 Å². The van der Waals surface area contributed by atoms with Crippen molar-refractivity contribution in [1.82, 2.24) is 4.90 Å². The number of nitrogens with zero attached hydrogens (tertiary/aromatic N) is 1. The quantitative estimate of drug-likeness (QED) is 0.749. The SMILES string of the molecule is O=C1CC2N(Cc3ccccc3)C3CCC132. The Kier molecular flexibility index (Phi) is 1.54. The normalized spacial score (nSPS) is 40.1. The Hall–Kier alpha value is -1.15. The molecule has 4 rings (SSSR count). The predicted molar refractivity (Wildman–Crippen MR) is 60.9 cm³/mol. The Labute approximate surface area is 95.3 Å². The van der Waals surface area contributed by atoms with Crippen LogP contribution in [0.4, 0.5) is 0 Å². The Morgan fingerprint density at radius 3 is 2.62 bits per heavy atom. The maximum absolute atomic E-state index is 11.6. The van der Waals surface area contributed by atoms with Crippen LogP contribution in [-0.2, 0) is 11.3 Å². The minimum absolute atomic E-state index is 0.148. The van der Waals surface area contributed by atoms with Gasteiger partial charge in [-0.1, -0.05) is 30.3 Å². The van der Waals surface area contributed by atoms with Crippen LogP contribution in [0.3, 0.4) is 0 Å². The van der Waals surface area contributed by atoms with E-state index in [2.05, 4.69) is 35.2 Å². The molecule has 16 heavy (non-hydrogen) atoms. The molecule has 1 spiro atoms. The molecule has 3 fully saturated rings. The molecule has 0 aromatic heterocycles. The molecule has 1 saturated heterocycles. The van der Waals surface area contributed by atoms with Gasteiger partial charge in [-0.25, -0.2) is 0 Å². The van der Waals surface area contributed by atoms with Gasteiger partial charge in [0.2, 0.25) is 0 Å². The van der Waals surface area contributed by atoms with E-state index >= 15 is 0 Å². The highest BCUT2D eigenvalue weighted by molar-refractivity contribution is 5.96. The topological polar surface area (TPSA) is 20.3 Å². The number of rotatable bonds is 2. The Balaban J connectivity index is 1.54. The standard InChI is InChI=1S/C14H15NO/c16-13-8-12-14(13)7-6-11(14)15(12)9-10-4-2-1-3-5-10/h1-5,11-12H,6-9H2. The molecule has 1 aromatic rings. The largest absolute Gasteiger partial charge is 0.299 e. The van der Waals surface area contributed by atoms with E-state index in [4.69, 9.17) is 0 Å². The van der Waals surface area contributed by atoms with Crippen LogP contribution < -0.4 is 0 Å². The predicted octanol–water partition coefficient (Wildman–Crippen LogP) is 1.99. The molecule has 2 heteroatoms. The van der Waals surface area contributed by atoms with E-state index in [1.807, 2.05) is 0 Å². The molecule has 2 aliphatic carbocycles. The summed E-state index contributed by atoms with van der Waals surface area (Å²) in [7, 11) is 0. The fourth-order valence-electron chi connectivity index (χ4n) is 3.93. The third kappa shape index (κ3) is 0.822. The number of ketones is 1. The number of carbonyl (C=O) groups is 1. The first-order valence-corrected chi connectivity index (χ1v) is 6.15. The average Bonchev–Trinajstić information content (AvgIpc) is 2.25. The zero-order chi connectivity index (χ0) is 10.8. The van der Waals surface area contributed by atoms with Gasteiger partial charge in [0.25, 0.3) is 0 Å². The van der Waals surface area contributed by atoms with Gasteiger partial charge in [0.1, 0.15) is 5.78 Å². The second-order valence-electron chi connectivity index (χ2n) is 5.40. The molecular weight excluding hydrogens is 198 g/mol. The lowest BCUT2D eigenvalue weighted by Gasteiger charge is -2.75. The van der Waals surface area contributed by atoms with E-state index in [9.17, 15) is 4.79 Å². The molecule has 0 radical (unpaired) electrons. The molecule has 3 unspecified atom stereocenters. The van der Waals surface area contributed by atoms with Gasteiger partial charge >= 0.3 is 0 Å². The summed E-state index contributed by atoms with van der Waals surface area (Å²) in [6, 6.07) is 11.8. The van der Waals surface area contributed by atoms with E-state index in [1.165, 1.54) is 12.0 Å². The van der Waals surface area contributed by atoms with Gasteiger partial charge in [0, 0.05) is 25.0 Å². The number of hydrogen-bond donors (Lipinski definition) is 0. The van der Waals surface area contributed by atoms with Gasteiger partial charge in [0.05, 0.1) is 5.41 Å². The van der Waals surface area contributed by atoms with Crippen molar-refractivity contribution in [1.29, 1.82) is 0 Å². The first-order chi connectivity index (χ1) is 7.82. The molecule has 1 aromatic carbocycles. The summed E-state index contributed by atoms with van der Waals surface area (Å²) in [5.41, 5.74) is 1.52. The molecule has 3 aliphatic rings. The molecule has 1 heterocycles. The maximum Gasteiger partial charge on any atom is 0.143 e. The molecule has 1 aliphatic heterocycles. The summed E-state index contributed by atoms with van der Waals surface area (Å²) in [4.78, 5) is 14.2. The van der Waals surface area contributed by atoms with E-state index in [0.29, 0.717) is 17.9 Å². The smallest absolute Gasteiger partial charge is 0.143 e. The molecular formula is C14H15NO. The van der Waals surface area contributed by atoms with Crippen LogP contribution >= 0.6 is 0 Å². The minimum atomic E-state index is 0.148. The van der Waals surface area contributed by atoms with E-state index in [-0.39, 0.29) is 5.41 Å². The second-order valence-corrected chi connectivity index (χ2v) is 5.40. The van der Waals surface area contributed by atoms with Crippen LogP contribution in [0.2, 0.25) is 0 Å². The summed E-state index contributed by atoms with van der Waals surface area (Å²) in [5, 5.41) is 0. The van der Waals surface area contributed by atoms with Crippen LogP contribution in [0.15, 0.2) is 30.3 Å². The fourth-order valence-corrected chi connectivity index (χ4v) is 3.93. The van der Waals surface area contributed by atoms with Gasteiger partial charge in [-0.2, -0.15) is 0 Å². The van der Waals surface area contributed by atoms with Crippen molar-refractivity contribution in [2.24, 2.45) is 5.41 Å². The lowest BCUT2D eigenvalue weighted by molar-refractivity contribution is -0.243. The molecule has 2 nitrogen and oxygen atoms in total. The summed E-state index contributed by atoms with van der Waals surface area (Å²) in [6.45, 7) is 1.03. The molecule has 0 N–H and O–H groups in total. The average molecular weight is 213 g/mol. The molecule has 0 amide bonds. The van der Waals surface area contributed by atoms with Crippen LogP contribution in [-0.4, -0.2) is 22.8 Å². The van der Waals surface area contributed by atoms with Gasteiger partial charge in [0.15, 0.2) is 0 Å². The van der Waals surface area contributed by atoms with E-state index in [1.54, 1.807) is 0 Å². The maximum atomic E-state index is 11.6. The fraction of sp³-hybridized carbons (Fsp3) is 0.500. The lowest BCUT2D eigenvalue weighted by Crippen LogP contribution is -2.85. The monoisotopic (exact) mass is 213 g/mol. The van der Waals surface area contributed by atoms with Crippen molar-refractivity contribution < 1.29 is 4.79 Å². The zero-order valence-electron chi connectivity index (χ0n) is 9.23. The van der Waals surface area contributed by atoms with Crippen LogP contribution in [0.25, 0.3) is 0 Å². The third-order valence-electron chi connectivity index (χ3n) is 4.93. The highest BCUT2D eigenvalue weighted by Crippen LogP contribution is 2.66. The first kappa shape index (κ1) is 8.94. The van der Waals surface area contributed by atoms with E-state index < -0.39 is 0 Å². The Bertz CT molecular complexity index is 447. The lowest BCUT2D eigenvalue weighted by atomic mass is 9.42. The molecule has 82 valence electrons. The number of Topliss-reactive ketones (excluding diaryl/α,β-unsaturated/α-hetero) is 1. The third-order valence-corrected chi connectivity index (χ3v) is 4.93. The molecule has 3 atom stereocenters. The Morgan fingerprint density at radius 1 is 1.25 bits per heavy atom. The van der Waals surface area contributed by atoms with E-state index in [0.717, 1.165) is 19.4 Å².